The van der Waals surface area contributed by atoms with Gasteiger partial charge in [-0.3, -0.25) is 9.48 Å². The van der Waals surface area contributed by atoms with Crippen molar-refractivity contribution in [3.63, 3.8) is 0 Å². The lowest BCUT2D eigenvalue weighted by Gasteiger charge is -2.42. The zero-order chi connectivity index (χ0) is 29.5. The highest BCUT2D eigenvalue weighted by Gasteiger charge is 2.34. The van der Waals surface area contributed by atoms with Crippen molar-refractivity contribution < 1.29 is 9.53 Å². The number of aryl methyl sites for hydroxylation is 2. The molecule has 1 aromatic carbocycles. The maximum atomic E-state index is 12.5. The molecule has 0 radical (unpaired) electrons. The summed E-state index contributed by atoms with van der Waals surface area (Å²) in [6.45, 7) is 12.7. The van der Waals surface area contributed by atoms with Crippen molar-refractivity contribution in [2.24, 2.45) is 7.05 Å². The Kier molecular flexibility index (Phi) is 10.4. The molecule has 44 heavy (non-hydrogen) atoms. The third-order valence-electron chi connectivity index (χ3n) is 9.28. The van der Waals surface area contributed by atoms with E-state index in [-0.39, 0.29) is 38.9 Å². The van der Waals surface area contributed by atoms with Crippen LogP contribution >= 0.6 is 27.0 Å². The minimum absolute atomic E-state index is 0. The van der Waals surface area contributed by atoms with E-state index in [1.165, 1.54) is 17.3 Å². The molecule has 6 rings (SSSR count). The van der Waals surface area contributed by atoms with Gasteiger partial charge in [-0.2, -0.15) is 37.4 Å². The molecule has 2 atom stereocenters. The number of pyridine rings is 1. The predicted octanol–water partition coefficient (Wildman–Crippen LogP) is 3.63. The molecular formula is C32H44N8O2S2. The van der Waals surface area contributed by atoms with Gasteiger partial charge >= 0.3 is 0 Å². The number of rotatable bonds is 6. The molecule has 3 aromatic rings. The number of likely N-dealkylation sites (N-methyl/N-ethyl adjacent to an activating group) is 1. The Morgan fingerprint density at radius 2 is 1.95 bits per heavy atom. The highest BCUT2D eigenvalue weighted by Crippen LogP contribution is 2.40. The molecule has 0 saturated carbocycles. The maximum absolute atomic E-state index is 12.5. The number of anilines is 2. The SMILES string of the molecule is C=CC(=O)N1CCN(c2c(C#N)c(OC[C@@H]3CCCN3C)nc3c2CCN(c2c(C)ccc4cnn(C)c24)C3)C[C@@H]1C.S.S. The fourth-order valence-electron chi connectivity index (χ4n) is 7.00. The smallest absolute Gasteiger partial charge is 0.246 e. The van der Waals surface area contributed by atoms with Gasteiger partial charge in [0.15, 0.2) is 0 Å². The Balaban J connectivity index is 0.00000221. The first kappa shape index (κ1) is 33.5. The molecule has 2 fully saturated rings. The molecule has 0 N–H and O–H groups in total. The van der Waals surface area contributed by atoms with E-state index in [1.807, 2.05) is 22.8 Å². The normalized spacial score (nSPS) is 20.0. The number of carbonyl (C=O) groups excluding carboxylic acids is 1. The Morgan fingerprint density at radius 1 is 1.16 bits per heavy atom. The summed E-state index contributed by atoms with van der Waals surface area (Å²) >= 11 is 0. The second-order valence-electron chi connectivity index (χ2n) is 11.9. The van der Waals surface area contributed by atoms with Crippen LogP contribution in [0, 0.1) is 18.3 Å². The fourth-order valence-corrected chi connectivity index (χ4v) is 7.00. The zero-order valence-electron chi connectivity index (χ0n) is 26.1. The number of nitrogens with zero attached hydrogens (tertiary/aromatic N) is 8. The summed E-state index contributed by atoms with van der Waals surface area (Å²) in [6, 6.07) is 7.05. The van der Waals surface area contributed by atoms with Crippen molar-refractivity contribution in [3.05, 3.63) is 53.4 Å². The minimum atomic E-state index is -0.0560. The van der Waals surface area contributed by atoms with Crippen molar-refractivity contribution >= 4 is 55.2 Å². The van der Waals surface area contributed by atoms with Crippen LogP contribution in [0.3, 0.4) is 0 Å². The average Bonchev–Trinajstić information content (AvgIpc) is 3.58. The highest BCUT2D eigenvalue weighted by molar-refractivity contribution is 7.59. The zero-order valence-corrected chi connectivity index (χ0v) is 28.1. The quantitative estimate of drug-likeness (QED) is 0.379. The van der Waals surface area contributed by atoms with Crippen molar-refractivity contribution in [1.29, 1.82) is 5.26 Å². The van der Waals surface area contributed by atoms with Gasteiger partial charge in [-0.05, 0) is 58.3 Å². The van der Waals surface area contributed by atoms with E-state index in [0.29, 0.717) is 50.3 Å². The Labute approximate surface area is 274 Å². The summed E-state index contributed by atoms with van der Waals surface area (Å²) < 4.78 is 8.36. The molecule has 12 heteroatoms. The van der Waals surface area contributed by atoms with Gasteiger partial charge in [-0.1, -0.05) is 18.7 Å². The Bertz CT molecular complexity index is 1580. The van der Waals surface area contributed by atoms with Crippen LogP contribution in [0.25, 0.3) is 10.9 Å². The third-order valence-corrected chi connectivity index (χ3v) is 9.28. The summed E-state index contributed by atoms with van der Waals surface area (Å²) in [7, 11) is 4.12. The lowest BCUT2D eigenvalue weighted by molar-refractivity contribution is -0.128. The van der Waals surface area contributed by atoms with Crippen LogP contribution in [0.1, 0.15) is 42.1 Å². The molecule has 1 amide bonds. The van der Waals surface area contributed by atoms with Crippen LogP contribution < -0.4 is 14.5 Å². The lowest BCUT2D eigenvalue weighted by Crippen LogP contribution is -2.54. The van der Waals surface area contributed by atoms with Crippen LogP contribution in [-0.4, -0.2) is 88.9 Å². The van der Waals surface area contributed by atoms with E-state index in [2.05, 4.69) is 65.5 Å². The first-order valence-corrected chi connectivity index (χ1v) is 14.9. The van der Waals surface area contributed by atoms with Crippen molar-refractivity contribution in [1.82, 2.24) is 24.6 Å². The molecule has 2 saturated heterocycles. The van der Waals surface area contributed by atoms with Gasteiger partial charge in [0.1, 0.15) is 18.2 Å². The molecule has 3 aliphatic rings. The molecular weight excluding hydrogens is 593 g/mol. The number of ether oxygens (including phenoxy) is 1. The molecule has 2 aromatic heterocycles. The standard InChI is InChI=1S/C32H40N8O2.2H2S/c1-6-28(41)40-15-14-39(18-22(40)3)31-25-11-13-38(29-21(2)9-10-23-17-34-37(5)30(23)29)19-27(25)35-32(26(31)16-33)42-20-24-8-7-12-36(24)4;;/h6,9-10,17,22,24H,1,7-8,11-15,18-20H2,2-5H3;2*1H2/t22-,24-;;/m0../s1. The Hall–Kier alpha value is -3.40. The molecule has 10 nitrogen and oxygen atoms in total. The van der Waals surface area contributed by atoms with Gasteiger partial charge < -0.3 is 24.3 Å². The number of likely N-dealkylation sites (tertiary alicyclic amines) is 1. The molecule has 0 aliphatic carbocycles. The third kappa shape index (κ3) is 5.97. The predicted molar refractivity (Wildman–Crippen MR) is 185 cm³/mol. The summed E-state index contributed by atoms with van der Waals surface area (Å²) in [4.78, 5) is 26.4. The van der Waals surface area contributed by atoms with Gasteiger partial charge in [-0.25, -0.2) is 4.98 Å². The summed E-state index contributed by atoms with van der Waals surface area (Å²) in [6.07, 6.45) is 6.28. The molecule has 5 heterocycles. The maximum Gasteiger partial charge on any atom is 0.246 e. The van der Waals surface area contributed by atoms with E-state index in [4.69, 9.17) is 9.72 Å². The molecule has 236 valence electrons. The number of nitriles is 1. The van der Waals surface area contributed by atoms with E-state index in [0.717, 1.165) is 60.2 Å². The van der Waals surface area contributed by atoms with Crippen molar-refractivity contribution in [2.75, 3.05) is 56.2 Å². The van der Waals surface area contributed by atoms with E-state index in [9.17, 15) is 10.1 Å². The number of piperazine rings is 1. The van der Waals surface area contributed by atoms with Gasteiger partial charge in [0.05, 0.1) is 35.3 Å². The topological polar surface area (TPSA) is 93.8 Å². The molecule has 3 aliphatic heterocycles. The molecule has 0 spiro atoms. The number of hydrogen-bond donors (Lipinski definition) is 0. The van der Waals surface area contributed by atoms with Crippen LogP contribution in [0.4, 0.5) is 11.4 Å². The molecule has 0 bridgehead atoms. The monoisotopic (exact) mass is 636 g/mol. The molecule has 0 unspecified atom stereocenters. The van der Waals surface area contributed by atoms with E-state index >= 15 is 0 Å². The largest absolute Gasteiger partial charge is 0.475 e. The first-order chi connectivity index (χ1) is 20.3. The van der Waals surface area contributed by atoms with Gasteiger partial charge in [-0.15, -0.1) is 0 Å². The van der Waals surface area contributed by atoms with E-state index < -0.39 is 0 Å². The number of carbonyl (C=O) groups is 1. The van der Waals surface area contributed by atoms with Crippen LogP contribution in [0.2, 0.25) is 0 Å². The fraction of sp³-hybridized carbons (Fsp3) is 0.500. The number of aromatic nitrogens is 3. The van der Waals surface area contributed by atoms with Crippen LogP contribution in [0.15, 0.2) is 31.0 Å². The van der Waals surface area contributed by atoms with Crippen LogP contribution in [0.5, 0.6) is 5.88 Å². The minimum Gasteiger partial charge on any atom is -0.475 e. The first-order valence-electron chi connectivity index (χ1n) is 14.9. The second-order valence-corrected chi connectivity index (χ2v) is 11.9. The lowest BCUT2D eigenvalue weighted by atomic mass is 9.96. The number of amides is 1. The van der Waals surface area contributed by atoms with Gasteiger partial charge in [0, 0.05) is 56.3 Å². The number of benzene rings is 1. The van der Waals surface area contributed by atoms with Crippen molar-refractivity contribution in [2.45, 2.75) is 51.7 Å². The summed E-state index contributed by atoms with van der Waals surface area (Å²) in [5, 5.41) is 16.1. The summed E-state index contributed by atoms with van der Waals surface area (Å²) in [5.74, 6) is 0.362. The van der Waals surface area contributed by atoms with Gasteiger partial charge in [0.2, 0.25) is 11.8 Å². The summed E-state index contributed by atoms with van der Waals surface area (Å²) in [5.41, 5.74) is 6.96. The number of fused-ring (bicyclic) bond motifs is 2. The highest BCUT2D eigenvalue weighted by atomic mass is 32.1. The van der Waals surface area contributed by atoms with Gasteiger partial charge in [0.25, 0.3) is 0 Å². The Morgan fingerprint density at radius 3 is 2.64 bits per heavy atom. The number of hydrogen-bond acceptors (Lipinski definition) is 8. The second kappa shape index (κ2) is 13.7. The van der Waals surface area contributed by atoms with Crippen LogP contribution in [-0.2, 0) is 24.8 Å². The van der Waals surface area contributed by atoms with E-state index in [1.54, 1.807) is 0 Å². The average molecular weight is 637 g/mol. The van der Waals surface area contributed by atoms with Crippen molar-refractivity contribution in [3.8, 4) is 11.9 Å².